The van der Waals surface area contributed by atoms with Gasteiger partial charge in [-0.2, -0.15) is 13.2 Å². The van der Waals surface area contributed by atoms with E-state index >= 15 is 13.2 Å². The SMILES string of the molecule is COc1ccc(CN(Cc2ccc(OC)cc2)c2nc(C3Cc4nc(S(C)(=O)=O)nc(N5CCN(C(=O)OC(C)(C)C)CC5)c4CC3C)c(C(F)(F)F)c(C)c2C(C)(C)C)cc1. The Hall–Kier alpha value is -5.12. The van der Waals surface area contributed by atoms with Gasteiger partial charge in [0.1, 0.15) is 28.7 Å². The maximum Gasteiger partial charge on any atom is 0.418 e. The fourth-order valence-corrected chi connectivity index (χ4v) is 9.07. The summed E-state index contributed by atoms with van der Waals surface area (Å²) in [5.74, 6) is 1.04. The minimum Gasteiger partial charge on any atom is -0.497 e. The van der Waals surface area contributed by atoms with E-state index in [2.05, 4.69) is 9.97 Å². The van der Waals surface area contributed by atoms with Gasteiger partial charge in [0, 0.05) is 62.6 Å². The van der Waals surface area contributed by atoms with Crippen LogP contribution in [0.3, 0.4) is 0 Å². The van der Waals surface area contributed by atoms with E-state index in [-0.39, 0.29) is 30.0 Å². The smallest absolute Gasteiger partial charge is 0.418 e. The van der Waals surface area contributed by atoms with Gasteiger partial charge in [0.05, 0.1) is 31.2 Å². The summed E-state index contributed by atoms with van der Waals surface area (Å²) in [5, 5.41) is -0.400. The van der Waals surface area contributed by atoms with Crippen molar-refractivity contribution in [3.05, 3.63) is 93.3 Å². The maximum atomic E-state index is 15.7. The lowest BCUT2D eigenvalue weighted by Crippen LogP contribution is -2.50. The number of anilines is 2. The summed E-state index contributed by atoms with van der Waals surface area (Å²) < 4.78 is 89.7. The van der Waals surface area contributed by atoms with E-state index in [9.17, 15) is 13.2 Å². The number of hydrogen-bond donors (Lipinski definition) is 0. The molecule has 4 aromatic rings. The van der Waals surface area contributed by atoms with Crippen LogP contribution in [0.25, 0.3) is 0 Å². The Bertz CT molecular complexity index is 2320. The number of hydrogen-bond acceptors (Lipinski definition) is 11. The van der Waals surface area contributed by atoms with Crippen molar-refractivity contribution in [2.75, 3.05) is 56.5 Å². The molecule has 6 rings (SSSR count). The molecule has 1 saturated heterocycles. The van der Waals surface area contributed by atoms with E-state index in [1.54, 1.807) is 39.9 Å². The summed E-state index contributed by atoms with van der Waals surface area (Å²) >= 11 is 0. The average molecular weight is 881 g/mol. The second kappa shape index (κ2) is 17.6. The molecule has 0 bridgehead atoms. The third kappa shape index (κ3) is 10.4. The van der Waals surface area contributed by atoms with Crippen LogP contribution in [0.5, 0.6) is 11.5 Å². The zero-order valence-electron chi connectivity index (χ0n) is 37.6. The van der Waals surface area contributed by atoms with Crippen molar-refractivity contribution >= 4 is 27.6 Å². The van der Waals surface area contributed by atoms with Gasteiger partial charge in [0.15, 0.2) is 0 Å². The lowest BCUT2D eigenvalue weighted by atomic mass is 9.74. The molecule has 2 aliphatic rings. The number of benzene rings is 2. The molecule has 12 nitrogen and oxygen atoms in total. The monoisotopic (exact) mass is 880 g/mol. The number of aromatic nitrogens is 3. The number of methoxy groups -OCH3 is 2. The van der Waals surface area contributed by atoms with Gasteiger partial charge in [-0.1, -0.05) is 52.0 Å². The van der Waals surface area contributed by atoms with Gasteiger partial charge in [0.2, 0.25) is 15.0 Å². The number of halogens is 3. The van der Waals surface area contributed by atoms with Crippen LogP contribution < -0.4 is 19.3 Å². The summed E-state index contributed by atoms with van der Waals surface area (Å²) in [4.78, 5) is 32.7. The van der Waals surface area contributed by atoms with E-state index in [0.717, 1.165) is 17.4 Å². The molecule has 1 fully saturated rings. The fraction of sp³-hybridized carbons (Fsp3) is 0.522. The summed E-state index contributed by atoms with van der Waals surface area (Å²) in [5.41, 5.74) is 1.14. The van der Waals surface area contributed by atoms with Crippen LogP contribution in [0.2, 0.25) is 0 Å². The predicted octanol–water partition coefficient (Wildman–Crippen LogP) is 8.70. The number of alkyl halides is 3. The highest BCUT2D eigenvalue weighted by atomic mass is 32.2. The molecule has 2 atom stereocenters. The molecule has 2 aromatic heterocycles. The number of ether oxygens (including phenoxy) is 3. The second-order valence-electron chi connectivity index (χ2n) is 18.5. The van der Waals surface area contributed by atoms with E-state index in [1.165, 1.54) is 6.92 Å². The third-order valence-electron chi connectivity index (χ3n) is 11.4. The van der Waals surface area contributed by atoms with E-state index in [4.69, 9.17) is 19.2 Å². The highest BCUT2D eigenvalue weighted by Crippen LogP contribution is 2.48. The number of piperazine rings is 1. The highest BCUT2D eigenvalue weighted by molar-refractivity contribution is 7.90. The highest BCUT2D eigenvalue weighted by Gasteiger charge is 2.45. The van der Waals surface area contributed by atoms with Gasteiger partial charge in [-0.05, 0) is 92.8 Å². The number of carbonyl (C=O) groups is 1. The van der Waals surface area contributed by atoms with Crippen LogP contribution in [0, 0.1) is 12.8 Å². The van der Waals surface area contributed by atoms with Crippen LogP contribution in [-0.4, -0.2) is 86.6 Å². The molecule has 0 N–H and O–H groups in total. The average Bonchev–Trinajstić information content (AvgIpc) is 3.18. The number of nitrogens with zero attached hydrogens (tertiary/aromatic N) is 6. The Morgan fingerprint density at radius 1 is 0.806 bits per heavy atom. The molecule has 0 spiro atoms. The van der Waals surface area contributed by atoms with Crippen molar-refractivity contribution in [2.45, 2.75) is 110 Å². The van der Waals surface area contributed by atoms with Gasteiger partial charge in [-0.25, -0.2) is 28.2 Å². The van der Waals surface area contributed by atoms with Crippen LogP contribution in [0.1, 0.15) is 99.2 Å². The van der Waals surface area contributed by atoms with Crippen molar-refractivity contribution in [1.82, 2.24) is 19.9 Å². The van der Waals surface area contributed by atoms with Gasteiger partial charge >= 0.3 is 12.3 Å². The predicted molar refractivity (Wildman–Crippen MR) is 233 cm³/mol. The van der Waals surface area contributed by atoms with Crippen molar-refractivity contribution in [2.24, 2.45) is 5.92 Å². The molecule has 1 amide bonds. The first-order valence-corrected chi connectivity index (χ1v) is 22.7. The van der Waals surface area contributed by atoms with Crippen LogP contribution >= 0.6 is 0 Å². The summed E-state index contributed by atoms with van der Waals surface area (Å²) in [7, 11) is -0.758. The van der Waals surface area contributed by atoms with Crippen molar-refractivity contribution in [3.8, 4) is 11.5 Å². The largest absolute Gasteiger partial charge is 0.497 e. The quantitative estimate of drug-likeness (QED) is 0.142. The zero-order chi connectivity index (χ0) is 45.5. The standard InChI is InChI=1S/C46H59F3N6O6S/c1-28-24-35-36(50-42(62(11,57)58)52-40(35)53-20-22-54(23-21-53)43(56)61-45(6,7)8)25-34(28)39-37(46(47,48)49)29(2)38(44(3,4)5)41(51-39)55(26-30-12-16-32(59-9)17-13-30)27-31-14-18-33(60-10)19-15-31/h12-19,28,34H,20-27H2,1-11H3. The van der Waals surface area contributed by atoms with Crippen molar-refractivity contribution in [1.29, 1.82) is 0 Å². The lowest BCUT2D eigenvalue weighted by Gasteiger charge is -2.39. The lowest BCUT2D eigenvalue weighted by molar-refractivity contribution is -0.139. The first kappa shape index (κ1) is 46.4. The van der Waals surface area contributed by atoms with Gasteiger partial charge in [-0.3, -0.25) is 0 Å². The van der Waals surface area contributed by atoms with E-state index < -0.39 is 49.8 Å². The van der Waals surface area contributed by atoms with Gasteiger partial charge < -0.3 is 28.9 Å². The topological polar surface area (TPSA) is 127 Å². The van der Waals surface area contributed by atoms with Gasteiger partial charge in [0.25, 0.3) is 0 Å². The minimum absolute atomic E-state index is 0.00714. The Morgan fingerprint density at radius 2 is 1.34 bits per heavy atom. The number of sulfone groups is 1. The number of fused-ring (bicyclic) bond motifs is 1. The number of pyridine rings is 1. The Balaban J connectivity index is 1.49. The van der Waals surface area contributed by atoms with Crippen LogP contribution in [0.4, 0.5) is 29.6 Å². The number of amides is 1. The molecule has 336 valence electrons. The zero-order valence-corrected chi connectivity index (χ0v) is 38.4. The first-order chi connectivity index (χ1) is 28.9. The molecule has 2 aromatic carbocycles. The maximum absolute atomic E-state index is 15.7. The molecule has 16 heteroatoms. The normalized spacial score (nSPS) is 17.4. The van der Waals surface area contributed by atoms with Crippen LogP contribution in [-0.2, 0) is 52.1 Å². The van der Waals surface area contributed by atoms with Gasteiger partial charge in [-0.15, -0.1) is 0 Å². The molecule has 1 aliphatic heterocycles. The molecular weight excluding hydrogens is 822 g/mol. The molecular formula is C46H59F3N6O6S. The summed E-state index contributed by atoms with van der Waals surface area (Å²) in [6.45, 7) is 16.5. The molecule has 0 saturated carbocycles. The Kier molecular flexibility index (Phi) is 13.1. The van der Waals surface area contributed by atoms with E-state index in [0.29, 0.717) is 79.2 Å². The van der Waals surface area contributed by atoms with Crippen LogP contribution in [0.15, 0.2) is 53.7 Å². The third-order valence-corrected chi connectivity index (χ3v) is 12.3. The summed E-state index contributed by atoms with van der Waals surface area (Å²) in [6.07, 6.45) is -3.90. The number of rotatable bonds is 10. The van der Waals surface area contributed by atoms with E-state index in [1.807, 2.05) is 86.0 Å². The van der Waals surface area contributed by atoms with Crippen molar-refractivity contribution in [3.63, 3.8) is 0 Å². The summed E-state index contributed by atoms with van der Waals surface area (Å²) in [6, 6.07) is 15.1. The Morgan fingerprint density at radius 3 is 1.79 bits per heavy atom. The molecule has 62 heavy (non-hydrogen) atoms. The molecule has 1 aliphatic carbocycles. The fourth-order valence-electron chi connectivity index (χ4n) is 8.54. The Labute approximate surface area is 363 Å². The van der Waals surface area contributed by atoms with Crippen molar-refractivity contribution < 1.29 is 40.6 Å². The molecule has 3 heterocycles. The number of carbonyl (C=O) groups excluding carboxylic acids is 1. The molecule has 0 radical (unpaired) electrons. The first-order valence-electron chi connectivity index (χ1n) is 20.8. The minimum atomic E-state index is -4.76. The second-order valence-corrected chi connectivity index (χ2v) is 20.4. The molecule has 2 unspecified atom stereocenters.